The molecule has 7 aromatic carbocycles. The average Bonchev–Trinajstić information content (AvgIpc) is 4.40. The van der Waals surface area contributed by atoms with Gasteiger partial charge in [0, 0.05) is 35.8 Å². The van der Waals surface area contributed by atoms with Crippen LogP contribution >= 0.6 is 0 Å². The summed E-state index contributed by atoms with van der Waals surface area (Å²) in [7, 11) is -2.27. The maximum Gasteiger partial charge on any atom is 0.268 e. The van der Waals surface area contributed by atoms with Crippen LogP contribution in [0.15, 0.2) is 229 Å². The van der Waals surface area contributed by atoms with Crippen LogP contribution in [-0.2, 0) is 70.2 Å². The van der Waals surface area contributed by atoms with Crippen molar-refractivity contribution in [1.29, 1.82) is 0 Å². The molecule has 0 unspecified atom stereocenters. The number of fused-ring (bicyclic) bond motifs is 1. The SMILES string of the molecule is COc1ccc(C(c2ccccc2)(c2ccccc2)n2cnc(CO[C@H]3[C@@H](OCCc4cn(S(=O)(=O)c5ccccc5)c5ccccc45)O[C@@H](COCCCCCN=[N+]=[N-])[C@H](OCc4ccccc4)[C@H]3OCc3ccccc3)c2)cc1. The smallest absolute Gasteiger partial charge is 0.268 e. The highest BCUT2D eigenvalue weighted by atomic mass is 32.2. The summed E-state index contributed by atoms with van der Waals surface area (Å²) in [6, 6.07) is 64.7. The first kappa shape index (κ1) is 56.4. The van der Waals surface area contributed by atoms with E-state index in [9.17, 15) is 8.42 Å². The van der Waals surface area contributed by atoms with Gasteiger partial charge in [-0.3, -0.25) is 0 Å². The van der Waals surface area contributed by atoms with Gasteiger partial charge in [0.05, 0.1) is 62.6 Å². The zero-order chi connectivity index (χ0) is 55.7. The van der Waals surface area contributed by atoms with E-state index in [1.54, 1.807) is 43.6 Å². The summed E-state index contributed by atoms with van der Waals surface area (Å²) in [5.74, 6) is 0.741. The monoisotopic (exact) mass is 1110 g/mol. The average molecular weight is 1110 g/mol. The van der Waals surface area contributed by atoms with Crippen LogP contribution in [-0.4, -0.2) is 86.1 Å². The van der Waals surface area contributed by atoms with Gasteiger partial charge < -0.3 is 37.7 Å². The van der Waals surface area contributed by atoms with E-state index >= 15 is 0 Å². The van der Waals surface area contributed by atoms with Crippen molar-refractivity contribution < 1.29 is 41.6 Å². The molecule has 0 saturated carbocycles. The Labute approximate surface area is 473 Å². The fourth-order valence-corrected chi connectivity index (χ4v) is 12.0. The maximum absolute atomic E-state index is 14.1. The fourth-order valence-electron chi connectivity index (χ4n) is 10.6. The van der Waals surface area contributed by atoms with E-state index in [0.29, 0.717) is 30.8 Å². The van der Waals surface area contributed by atoms with Crippen LogP contribution in [0.2, 0.25) is 0 Å². The van der Waals surface area contributed by atoms with Crippen LogP contribution in [0, 0.1) is 0 Å². The number of methoxy groups -OCH3 is 1. The molecule has 0 N–H and O–H groups in total. The van der Waals surface area contributed by atoms with Gasteiger partial charge in [0.2, 0.25) is 0 Å². The van der Waals surface area contributed by atoms with Gasteiger partial charge in [0.1, 0.15) is 35.7 Å². The minimum absolute atomic E-state index is 0.0294. The predicted octanol–water partition coefficient (Wildman–Crippen LogP) is 12.5. The molecule has 16 heteroatoms. The van der Waals surface area contributed by atoms with Crippen LogP contribution in [0.5, 0.6) is 5.75 Å². The second kappa shape index (κ2) is 27.5. The molecule has 15 nitrogen and oxygen atoms in total. The largest absolute Gasteiger partial charge is 0.497 e. The highest BCUT2D eigenvalue weighted by Gasteiger charge is 2.49. The van der Waals surface area contributed by atoms with Crippen LogP contribution in [0.1, 0.15) is 58.3 Å². The molecular formula is C65H66N6O9S. The summed E-state index contributed by atoms with van der Waals surface area (Å²) in [6.07, 6.45) is 4.08. The van der Waals surface area contributed by atoms with Crippen molar-refractivity contribution in [3.05, 3.63) is 268 Å². The third-order valence-corrected chi connectivity index (χ3v) is 16.3. The van der Waals surface area contributed by atoms with Crippen LogP contribution in [0.3, 0.4) is 0 Å². The van der Waals surface area contributed by atoms with Crippen molar-refractivity contribution in [2.75, 3.05) is 33.5 Å². The molecule has 2 aromatic heterocycles. The van der Waals surface area contributed by atoms with Gasteiger partial charge in [0.15, 0.2) is 6.29 Å². The Hall–Kier alpha value is -7.89. The van der Waals surface area contributed by atoms with Crippen LogP contribution < -0.4 is 4.74 Å². The number of unbranched alkanes of at least 4 members (excludes halogenated alkanes) is 2. The molecule has 0 amide bonds. The Balaban J connectivity index is 1.01. The number of hydrogen-bond acceptors (Lipinski definition) is 11. The molecule has 1 aliphatic heterocycles. The zero-order valence-electron chi connectivity index (χ0n) is 45.2. The predicted molar refractivity (Wildman–Crippen MR) is 310 cm³/mol. The number of hydrogen-bond donors (Lipinski definition) is 0. The first-order valence-corrected chi connectivity index (χ1v) is 28.8. The summed E-state index contributed by atoms with van der Waals surface area (Å²) >= 11 is 0. The molecule has 1 aliphatic rings. The van der Waals surface area contributed by atoms with Crippen molar-refractivity contribution in [3.8, 4) is 5.75 Å². The summed E-state index contributed by atoms with van der Waals surface area (Å²) in [4.78, 5) is 8.12. The summed E-state index contributed by atoms with van der Waals surface area (Å²) in [5, 5.41) is 4.47. The fraction of sp³-hybridized carbons (Fsp3) is 0.277. The Kier molecular flexibility index (Phi) is 19.2. The lowest BCUT2D eigenvalue weighted by Crippen LogP contribution is -2.62. The molecule has 0 bridgehead atoms. The highest BCUT2D eigenvalue weighted by Crippen LogP contribution is 2.42. The standard InChI is InChI=1S/C65H66N6O9S/c1-74-56-36-34-54(35-37-56)65(52-26-12-4-13-27-52,53-28-14-5-15-29-53)70-43-55(67-48-70)46-79-63-62(78-45-50-24-10-3-11-25-50)61(77-44-49-22-8-2-9-23-49)60(47-75-40-21-7-20-39-68-69-66)80-64(63)76-41-38-51-42-71(59-33-19-18-32-58(51)59)81(72,73)57-30-16-6-17-31-57/h2-6,8-19,22-37,42-43,48,60-64H,7,20-21,38-41,44-47H2,1H3/t60-,61-,62+,63+,64-/m0/s1. The summed E-state index contributed by atoms with van der Waals surface area (Å²) in [6.45, 7) is 1.63. The molecule has 81 heavy (non-hydrogen) atoms. The Bertz CT molecular complexity index is 3490. The molecule has 10 rings (SSSR count). The number of imidazole rings is 1. The first-order valence-electron chi connectivity index (χ1n) is 27.3. The lowest BCUT2D eigenvalue weighted by atomic mass is 9.76. The van der Waals surface area contributed by atoms with Crippen LogP contribution in [0.4, 0.5) is 0 Å². The quantitative estimate of drug-likeness (QED) is 0.0151. The topological polar surface area (TPSA) is 170 Å². The van der Waals surface area contributed by atoms with Crippen molar-refractivity contribution in [3.63, 3.8) is 0 Å². The number of azide groups is 1. The first-order chi connectivity index (χ1) is 39.9. The Morgan fingerprint density at radius 3 is 1.84 bits per heavy atom. The van der Waals surface area contributed by atoms with Gasteiger partial charge in [-0.25, -0.2) is 17.4 Å². The van der Waals surface area contributed by atoms with Gasteiger partial charge in [-0.15, -0.1) is 0 Å². The molecule has 5 atom stereocenters. The van der Waals surface area contributed by atoms with Gasteiger partial charge >= 0.3 is 0 Å². The van der Waals surface area contributed by atoms with Gasteiger partial charge in [-0.2, -0.15) is 0 Å². The van der Waals surface area contributed by atoms with Gasteiger partial charge in [-0.1, -0.05) is 181 Å². The molecule has 1 saturated heterocycles. The van der Waals surface area contributed by atoms with Gasteiger partial charge in [-0.05, 0) is 88.5 Å². The molecule has 9 aromatic rings. The number of nitrogens with zero attached hydrogens (tertiary/aromatic N) is 6. The number of rotatable bonds is 28. The molecule has 1 fully saturated rings. The second-order valence-electron chi connectivity index (χ2n) is 19.8. The van der Waals surface area contributed by atoms with Crippen molar-refractivity contribution in [2.24, 2.45) is 5.11 Å². The van der Waals surface area contributed by atoms with E-state index in [1.807, 2.05) is 146 Å². The van der Waals surface area contributed by atoms with E-state index in [1.165, 1.54) is 3.97 Å². The van der Waals surface area contributed by atoms with Crippen molar-refractivity contribution in [1.82, 2.24) is 13.5 Å². The van der Waals surface area contributed by atoms with Crippen molar-refractivity contribution in [2.45, 2.75) is 86.6 Å². The summed E-state index contributed by atoms with van der Waals surface area (Å²) < 4.78 is 78.9. The number of para-hydroxylation sites is 1. The van der Waals surface area contributed by atoms with E-state index in [-0.39, 0.29) is 37.9 Å². The van der Waals surface area contributed by atoms with E-state index in [0.717, 1.165) is 63.8 Å². The van der Waals surface area contributed by atoms with E-state index < -0.39 is 46.3 Å². The lowest BCUT2D eigenvalue weighted by molar-refractivity contribution is -0.328. The summed E-state index contributed by atoms with van der Waals surface area (Å²) in [5.41, 5.74) is 14.9. The van der Waals surface area contributed by atoms with E-state index in [2.05, 4.69) is 51.0 Å². The molecule has 416 valence electrons. The number of aromatic nitrogens is 3. The third-order valence-electron chi connectivity index (χ3n) is 14.6. The zero-order valence-corrected chi connectivity index (χ0v) is 46.0. The minimum atomic E-state index is -3.93. The number of ether oxygens (including phenoxy) is 7. The van der Waals surface area contributed by atoms with E-state index in [4.69, 9.17) is 43.7 Å². The molecule has 0 radical (unpaired) electrons. The molecule has 3 heterocycles. The normalized spacial score (nSPS) is 17.4. The second-order valence-corrected chi connectivity index (χ2v) is 21.6. The Morgan fingerprint density at radius 1 is 0.617 bits per heavy atom. The third kappa shape index (κ3) is 13.3. The lowest BCUT2D eigenvalue weighted by Gasteiger charge is -2.45. The molecule has 0 aliphatic carbocycles. The van der Waals surface area contributed by atoms with Crippen molar-refractivity contribution >= 4 is 20.9 Å². The molecular weight excluding hydrogens is 1040 g/mol. The van der Waals surface area contributed by atoms with Crippen LogP contribution in [0.25, 0.3) is 21.3 Å². The Morgan fingerprint density at radius 2 is 1.20 bits per heavy atom. The highest BCUT2D eigenvalue weighted by molar-refractivity contribution is 7.90. The maximum atomic E-state index is 14.1. The molecule has 0 spiro atoms. The van der Waals surface area contributed by atoms with Gasteiger partial charge in [0.25, 0.3) is 10.0 Å². The minimum Gasteiger partial charge on any atom is -0.497 e. The number of benzene rings is 7.